The van der Waals surface area contributed by atoms with Gasteiger partial charge in [-0.25, -0.2) is 4.98 Å². The number of carbonyl (C=O) groups is 3. The number of thioether (sulfide) groups is 1. The maximum atomic E-state index is 12.8. The van der Waals surface area contributed by atoms with Crippen molar-refractivity contribution in [1.29, 1.82) is 0 Å². The number of carbonyl (C=O) groups excluding carboxylic acids is 2. The van der Waals surface area contributed by atoms with Crippen LogP contribution in [0.1, 0.15) is 38.3 Å². The highest BCUT2D eigenvalue weighted by Gasteiger charge is 2.31. The lowest BCUT2D eigenvalue weighted by Gasteiger charge is -2.13. The van der Waals surface area contributed by atoms with Crippen LogP contribution in [0.2, 0.25) is 0 Å². The van der Waals surface area contributed by atoms with Crippen LogP contribution < -0.4 is 5.32 Å². The molecule has 7 nitrogen and oxygen atoms in total. The van der Waals surface area contributed by atoms with E-state index in [1.165, 1.54) is 18.7 Å². The molecule has 2 amide bonds. The number of amides is 2. The van der Waals surface area contributed by atoms with Gasteiger partial charge in [-0.3, -0.25) is 19.3 Å². The second kappa shape index (κ2) is 11.0. The largest absolute Gasteiger partial charge is 0.481 e. The number of rotatable bonds is 9. The van der Waals surface area contributed by atoms with Gasteiger partial charge in [0, 0.05) is 31.1 Å². The Bertz CT molecular complexity index is 1070. The average molecular weight is 470 g/mol. The zero-order valence-electron chi connectivity index (χ0n) is 17.5. The van der Waals surface area contributed by atoms with Crippen LogP contribution in [0, 0.1) is 0 Å². The number of anilines is 1. The van der Waals surface area contributed by atoms with Crippen LogP contribution in [-0.2, 0) is 14.4 Å². The summed E-state index contributed by atoms with van der Waals surface area (Å²) in [4.78, 5) is 41.2. The molecule has 1 aromatic heterocycles. The van der Waals surface area contributed by atoms with E-state index in [9.17, 15) is 14.4 Å². The lowest BCUT2D eigenvalue weighted by atomic mass is 10.1. The third-order valence-corrected chi connectivity index (χ3v) is 6.07. The summed E-state index contributed by atoms with van der Waals surface area (Å²) in [6, 6.07) is 13.0. The van der Waals surface area contributed by atoms with Gasteiger partial charge in [0.2, 0.25) is 5.91 Å². The molecule has 1 fully saturated rings. The molecule has 1 aliphatic rings. The van der Waals surface area contributed by atoms with E-state index in [1.54, 1.807) is 11.0 Å². The van der Waals surface area contributed by atoms with E-state index in [0.717, 1.165) is 17.7 Å². The number of aromatic nitrogens is 1. The molecule has 0 spiro atoms. The Morgan fingerprint density at radius 3 is 2.59 bits per heavy atom. The van der Waals surface area contributed by atoms with Gasteiger partial charge >= 0.3 is 5.97 Å². The van der Waals surface area contributed by atoms with Crippen LogP contribution in [0.15, 0.2) is 47.4 Å². The maximum absolute atomic E-state index is 12.8. The first-order chi connectivity index (χ1) is 15.3. The third-order valence-electron chi connectivity index (χ3n) is 4.70. The molecule has 0 unspecified atom stereocenters. The predicted octanol–water partition coefficient (Wildman–Crippen LogP) is 4.55. The Labute approximate surface area is 195 Å². The van der Waals surface area contributed by atoms with Crippen molar-refractivity contribution in [2.45, 2.75) is 32.6 Å². The summed E-state index contributed by atoms with van der Waals surface area (Å²) in [6.45, 7) is 1.94. The van der Waals surface area contributed by atoms with Gasteiger partial charge in [0.05, 0.1) is 16.3 Å². The molecule has 0 radical (unpaired) electrons. The summed E-state index contributed by atoms with van der Waals surface area (Å²) in [5, 5.41) is 11.4. The van der Waals surface area contributed by atoms with Gasteiger partial charge in [-0.15, -0.1) is 0 Å². The van der Waals surface area contributed by atoms with Crippen molar-refractivity contribution < 1.29 is 19.5 Å². The minimum Gasteiger partial charge on any atom is -0.481 e. The molecule has 1 aliphatic heterocycles. The van der Waals surface area contributed by atoms with E-state index in [1.807, 2.05) is 42.5 Å². The second-order valence-corrected chi connectivity index (χ2v) is 8.92. The fraction of sp³-hybridized carbons (Fsp3) is 0.261. The molecule has 32 heavy (non-hydrogen) atoms. The monoisotopic (exact) mass is 469 g/mol. The zero-order valence-corrected chi connectivity index (χ0v) is 19.2. The van der Waals surface area contributed by atoms with Crippen molar-refractivity contribution in [3.63, 3.8) is 0 Å². The number of hydrogen-bond acceptors (Lipinski definition) is 6. The van der Waals surface area contributed by atoms with Crippen LogP contribution >= 0.6 is 24.0 Å². The number of aliphatic carboxylic acids is 1. The van der Waals surface area contributed by atoms with E-state index in [4.69, 9.17) is 17.3 Å². The second-order valence-electron chi connectivity index (χ2n) is 7.24. The molecule has 0 atom stereocenters. The molecule has 2 heterocycles. The van der Waals surface area contributed by atoms with Crippen LogP contribution in [0.3, 0.4) is 0 Å². The van der Waals surface area contributed by atoms with Gasteiger partial charge in [0.25, 0.3) is 5.91 Å². The number of thiocarbonyl (C=S) groups is 1. The number of unbranched alkanes of at least 4 members (excludes halogenated alkanes) is 2. The Morgan fingerprint density at radius 2 is 1.91 bits per heavy atom. The number of pyridine rings is 1. The van der Waals surface area contributed by atoms with E-state index >= 15 is 0 Å². The first-order valence-corrected chi connectivity index (χ1v) is 11.4. The maximum Gasteiger partial charge on any atom is 0.303 e. The van der Waals surface area contributed by atoms with Crippen LogP contribution in [0.5, 0.6) is 0 Å². The summed E-state index contributed by atoms with van der Waals surface area (Å²) in [5.41, 5.74) is 3.00. The quantitative estimate of drug-likeness (QED) is 0.316. The highest BCUT2D eigenvalue weighted by atomic mass is 32.2. The minimum absolute atomic E-state index is 0.129. The van der Waals surface area contributed by atoms with E-state index < -0.39 is 5.97 Å². The highest BCUT2D eigenvalue weighted by Crippen LogP contribution is 2.33. The summed E-state index contributed by atoms with van der Waals surface area (Å²) in [5.74, 6) is -1.09. The highest BCUT2D eigenvalue weighted by molar-refractivity contribution is 8.26. The molecule has 1 aromatic carbocycles. The Balaban J connectivity index is 1.66. The van der Waals surface area contributed by atoms with Gasteiger partial charge in [0.15, 0.2) is 0 Å². The lowest BCUT2D eigenvalue weighted by Crippen LogP contribution is -2.29. The molecule has 0 saturated carbocycles. The number of nitrogens with one attached hydrogen (secondary N) is 1. The van der Waals surface area contributed by atoms with Gasteiger partial charge < -0.3 is 10.4 Å². The fourth-order valence-electron chi connectivity index (χ4n) is 3.17. The number of carboxylic acid groups (broad SMARTS) is 1. The Kier molecular flexibility index (Phi) is 8.13. The number of hydrogen-bond donors (Lipinski definition) is 2. The van der Waals surface area contributed by atoms with Crippen LogP contribution in [0.25, 0.3) is 17.3 Å². The Hall–Kier alpha value is -3.04. The van der Waals surface area contributed by atoms with Gasteiger partial charge in [-0.05, 0) is 43.2 Å². The topological polar surface area (TPSA) is 99.6 Å². The summed E-state index contributed by atoms with van der Waals surface area (Å²) in [7, 11) is 0. The fourth-order valence-corrected chi connectivity index (χ4v) is 4.46. The number of nitrogens with zero attached hydrogens (tertiary/aromatic N) is 2. The molecule has 0 aliphatic carbocycles. The van der Waals surface area contributed by atoms with Gasteiger partial charge in [-0.1, -0.05) is 48.6 Å². The summed E-state index contributed by atoms with van der Waals surface area (Å²) < 4.78 is 0.504. The smallest absolute Gasteiger partial charge is 0.303 e. The van der Waals surface area contributed by atoms with Crippen molar-refractivity contribution in [3.05, 3.63) is 53.1 Å². The summed E-state index contributed by atoms with van der Waals surface area (Å²) in [6.07, 6.45) is 3.89. The molecular weight excluding hydrogens is 446 g/mol. The molecule has 9 heteroatoms. The van der Waals surface area contributed by atoms with Crippen LogP contribution in [0.4, 0.5) is 5.69 Å². The first kappa shape index (κ1) is 23.6. The summed E-state index contributed by atoms with van der Waals surface area (Å²) >= 11 is 6.61. The average Bonchev–Trinajstić information content (AvgIpc) is 3.01. The van der Waals surface area contributed by atoms with Gasteiger partial charge in [-0.2, -0.15) is 0 Å². The first-order valence-electron chi connectivity index (χ1n) is 10.2. The van der Waals surface area contributed by atoms with Crippen molar-refractivity contribution >= 4 is 57.8 Å². The van der Waals surface area contributed by atoms with Crippen LogP contribution in [-0.4, -0.2) is 43.6 Å². The van der Waals surface area contributed by atoms with Crippen molar-refractivity contribution in [1.82, 2.24) is 9.88 Å². The third kappa shape index (κ3) is 6.48. The van der Waals surface area contributed by atoms with E-state index in [0.29, 0.717) is 40.0 Å². The lowest BCUT2D eigenvalue weighted by molar-refractivity contribution is -0.137. The van der Waals surface area contributed by atoms with Crippen molar-refractivity contribution in [2.24, 2.45) is 0 Å². The molecule has 3 rings (SSSR count). The Morgan fingerprint density at radius 1 is 1.16 bits per heavy atom. The minimum atomic E-state index is -0.808. The number of carboxylic acids is 1. The predicted molar refractivity (Wildman–Crippen MR) is 130 cm³/mol. The molecule has 2 N–H and O–H groups in total. The SMILES string of the molecule is CC(=O)Nc1ccc(-c2cccc(C=C3SC(=S)N(CCCCCC(=O)O)C3=O)n2)cc1. The number of benzene rings is 1. The van der Waals surface area contributed by atoms with E-state index in [2.05, 4.69) is 10.3 Å². The molecule has 1 saturated heterocycles. The molecule has 166 valence electrons. The van der Waals surface area contributed by atoms with Crippen molar-refractivity contribution in [3.8, 4) is 11.3 Å². The standard InChI is InChI=1S/C23H23N3O4S2/c1-15(27)24-17-11-9-16(10-12-17)19-7-5-6-18(25-19)14-20-22(30)26(23(31)32-20)13-4-2-3-8-21(28)29/h5-7,9-12,14H,2-4,8,13H2,1H3,(H,24,27)(H,28,29). The van der Waals surface area contributed by atoms with E-state index in [-0.39, 0.29) is 18.2 Å². The molecule has 0 bridgehead atoms. The molecular formula is C23H23N3O4S2. The zero-order chi connectivity index (χ0) is 23.1. The van der Waals surface area contributed by atoms with Gasteiger partial charge in [0.1, 0.15) is 4.32 Å². The molecule has 2 aromatic rings. The normalized spacial score (nSPS) is 14.8. The van der Waals surface area contributed by atoms with Crippen molar-refractivity contribution in [2.75, 3.05) is 11.9 Å².